The van der Waals surface area contributed by atoms with E-state index in [1.54, 1.807) is 0 Å². The van der Waals surface area contributed by atoms with Crippen molar-refractivity contribution >= 4 is 17.4 Å². The van der Waals surface area contributed by atoms with Gasteiger partial charge in [0.25, 0.3) is 0 Å². The van der Waals surface area contributed by atoms with Gasteiger partial charge in [-0.3, -0.25) is 4.90 Å². The van der Waals surface area contributed by atoms with Gasteiger partial charge >= 0.3 is 0 Å². The predicted octanol–water partition coefficient (Wildman–Crippen LogP) is 3.64. The van der Waals surface area contributed by atoms with Gasteiger partial charge in [-0.05, 0) is 31.9 Å². The van der Waals surface area contributed by atoms with Crippen molar-refractivity contribution in [2.75, 3.05) is 18.9 Å². The lowest BCUT2D eigenvalue weighted by molar-refractivity contribution is 0.187. The minimum absolute atomic E-state index is 0.489. The van der Waals surface area contributed by atoms with Crippen LogP contribution in [-0.2, 0) is 6.54 Å². The van der Waals surface area contributed by atoms with Crippen molar-refractivity contribution in [2.45, 2.75) is 40.3 Å². The Kier molecular flexibility index (Phi) is 5.89. The van der Waals surface area contributed by atoms with Crippen LogP contribution < -0.4 is 5.32 Å². The summed E-state index contributed by atoms with van der Waals surface area (Å²) in [5, 5.41) is 3.79. The van der Waals surface area contributed by atoms with Crippen molar-refractivity contribution in [3.05, 3.63) is 22.8 Å². The molecule has 0 aromatic carbocycles. The topological polar surface area (TPSA) is 28.2 Å². The molecule has 1 N–H and O–H groups in total. The summed E-state index contributed by atoms with van der Waals surface area (Å²) < 4.78 is 0. The second-order valence-electron chi connectivity index (χ2n) is 5.29. The van der Waals surface area contributed by atoms with Crippen LogP contribution in [0.5, 0.6) is 0 Å². The van der Waals surface area contributed by atoms with Crippen LogP contribution in [0.25, 0.3) is 0 Å². The van der Waals surface area contributed by atoms with Gasteiger partial charge in [0.1, 0.15) is 5.82 Å². The third kappa shape index (κ3) is 4.46. The molecule has 0 saturated carbocycles. The Morgan fingerprint density at radius 2 is 1.94 bits per heavy atom. The van der Waals surface area contributed by atoms with Crippen LogP contribution in [0.1, 0.15) is 33.4 Å². The van der Waals surface area contributed by atoms with E-state index in [0.29, 0.717) is 12.0 Å². The lowest BCUT2D eigenvalue weighted by Gasteiger charge is -2.28. The summed E-state index contributed by atoms with van der Waals surface area (Å²) in [6.07, 6.45) is 0. The second kappa shape index (κ2) is 6.95. The molecule has 0 radical (unpaired) electrons. The van der Waals surface area contributed by atoms with Gasteiger partial charge in [-0.15, -0.1) is 0 Å². The second-order valence-corrected chi connectivity index (χ2v) is 5.70. The normalized spacial score (nSPS) is 11.6. The molecule has 1 heterocycles. The smallest absolute Gasteiger partial charge is 0.126 e. The van der Waals surface area contributed by atoms with E-state index in [4.69, 9.17) is 11.6 Å². The molecule has 0 bridgehead atoms. The number of aromatic nitrogens is 1. The van der Waals surface area contributed by atoms with Gasteiger partial charge in [0.2, 0.25) is 0 Å². The van der Waals surface area contributed by atoms with Crippen LogP contribution in [0.2, 0.25) is 5.02 Å². The van der Waals surface area contributed by atoms with Crippen LogP contribution in [-0.4, -0.2) is 29.5 Å². The molecule has 0 aliphatic heterocycles. The van der Waals surface area contributed by atoms with Gasteiger partial charge in [0.05, 0.1) is 10.7 Å². The molecule has 0 aliphatic carbocycles. The summed E-state index contributed by atoms with van der Waals surface area (Å²) in [5.41, 5.74) is 0.942. The SMILES string of the molecule is CNc1ccc(Cl)c(CN(CC(C)C)C(C)C)n1. The first-order valence-corrected chi connectivity index (χ1v) is 6.89. The summed E-state index contributed by atoms with van der Waals surface area (Å²) in [7, 11) is 1.87. The van der Waals surface area contributed by atoms with Crippen molar-refractivity contribution in [3.63, 3.8) is 0 Å². The molecular weight excluding hydrogens is 246 g/mol. The standard InChI is InChI=1S/C14H24ClN3/c1-10(2)8-18(11(3)4)9-13-12(15)6-7-14(16-5)17-13/h6-7,10-11H,8-9H2,1-5H3,(H,16,17). The average Bonchev–Trinajstić information content (AvgIpc) is 2.30. The van der Waals surface area contributed by atoms with E-state index < -0.39 is 0 Å². The van der Waals surface area contributed by atoms with Crippen LogP contribution >= 0.6 is 11.6 Å². The van der Waals surface area contributed by atoms with Gasteiger partial charge in [-0.1, -0.05) is 25.4 Å². The van der Waals surface area contributed by atoms with Gasteiger partial charge in [0.15, 0.2) is 0 Å². The number of hydrogen-bond donors (Lipinski definition) is 1. The zero-order valence-electron chi connectivity index (χ0n) is 12.0. The Hall–Kier alpha value is -0.800. The van der Waals surface area contributed by atoms with Gasteiger partial charge < -0.3 is 5.32 Å². The van der Waals surface area contributed by atoms with Crippen molar-refractivity contribution < 1.29 is 0 Å². The van der Waals surface area contributed by atoms with Crippen LogP contribution in [0, 0.1) is 5.92 Å². The molecule has 1 aromatic rings. The Bertz CT molecular complexity index is 377. The minimum atomic E-state index is 0.489. The fourth-order valence-corrected chi connectivity index (χ4v) is 2.02. The minimum Gasteiger partial charge on any atom is -0.373 e. The van der Waals surface area contributed by atoms with E-state index in [2.05, 4.69) is 42.9 Å². The molecule has 0 saturated heterocycles. The molecule has 0 atom stereocenters. The van der Waals surface area contributed by atoms with Crippen LogP contribution in [0.15, 0.2) is 12.1 Å². The monoisotopic (exact) mass is 269 g/mol. The summed E-state index contributed by atoms with van der Waals surface area (Å²) in [6, 6.07) is 4.29. The number of nitrogens with zero attached hydrogens (tertiary/aromatic N) is 2. The lowest BCUT2D eigenvalue weighted by Crippen LogP contribution is -2.34. The molecule has 18 heavy (non-hydrogen) atoms. The molecule has 102 valence electrons. The Morgan fingerprint density at radius 1 is 1.28 bits per heavy atom. The fraction of sp³-hybridized carbons (Fsp3) is 0.643. The summed E-state index contributed by atoms with van der Waals surface area (Å²) in [5.74, 6) is 1.50. The highest BCUT2D eigenvalue weighted by Gasteiger charge is 2.14. The van der Waals surface area contributed by atoms with Crippen molar-refractivity contribution in [1.29, 1.82) is 0 Å². The molecule has 1 rings (SSSR count). The van der Waals surface area contributed by atoms with Gasteiger partial charge in [-0.2, -0.15) is 0 Å². The molecule has 0 unspecified atom stereocenters. The lowest BCUT2D eigenvalue weighted by atomic mass is 10.1. The first-order valence-electron chi connectivity index (χ1n) is 6.51. The number of nitrogens with one attached hydrogen (secondary N) is 1. The summed E-state index contributed by atoms with van der Waals surface area (Å²) >= 11 is 6.22. The van der Waals surface area contributed by atoms with E-state index >= 15 is 0 Å². The van der Waals surface area contributed by atoms with Gasteiger partial charge in [0, 0.05) is 26.2 Å². The molecular formula is C14H24ClN3. The van der Waals surface area contributed by atoms with Gasteiger partial charge in [-0.25, -0.2) is 4.98 Å². The van der Waals surface area contributed by atoms with E-state index in [9.17, 15) is 0 Å². The number of rotatable bonds is 6. The molecule has 3 nitrogen and oxygen atoms in total. The highest BCUT2D eigenvalue weighted by atomic mass is 35.5. The molecule has 4 heteroatoms. The number of pyridine rings is 1. The largest absolute Gasteiger partial charge is 0.373 e. The average molecular weight is 270 g/mol. The van der Waals surface area contributed by atoms with Crippen molar-refractivity contribution in [3.8, 4) is 0 Å². The molecule has 0 fully saturated rings. The fourth-order valence-electron chi connectivity index (χ4n) is 1.85. The molecule has 0 aliphatic rings. The molecule has 0 spiro atoms. The third-order valence-electron chi connectivity index (χ3n) is 2.86. The molecule has 0 amide bonds. The maximum Gasteiger partial charge on any atom is 0.126 e. The highest BCUT2D eigenvalue weighted by Crippen LogP contribution is 2.19. The van der Waals surface area contributed by atoms with E-state index in [1.807, 2.05) is 19.2 Å². The highest BCUT2D eigenvalue weighted by molar-refractivity contribution is 6.31. The van der Waals surface area contributed by atoms with E-state index in [-0.39, 0.29) is 0 Å². The zero-order valence-corrected chi connectivity index (χ0v) is 12.8. The van der Waals surface area contributed by atoms with Crippen LogP contribution in [0.3, 0.4) is 0 Å². The van der Waals surface area contributed by atoms with E-state index in [0.717, 1.165) is 29.6 Å². The third-order valence-corrected chi connectivity index (χ3v) is 3.20. The van der Waals surface area contributed by atoms with Crippen LogP contribution in [0.4, 0.5) is 5.82 Å². The Balaban J connectivity index is 2.85. The zero-order chi connectivity index (χ0) is 13.7. The Morgan fingerprint density at radius 3 is 2.44 bits per heavy atom. The van der Waals surface area contributed by atoms with E-state index in [1.165, 1.54) is 0 Å². The first-order chi connectivity index (χ1) is 8.43. The summed E-state index contributed by atoms with van der Waals surface area (Å²) in [4.78, 5) is 6.94. The quantitative estimate of drug-likeness (QED) is 0.855. The number of anilines is 1. The molecule has 1 aromatic heterocycles. The summed E-state index contributed by atoms with van der Waals surface area (Å²) in [6.45, 7) is 10.7. The Labute approximate surface area is 116 Å². The number of hydrogen-bond acceptors (Lipinski definition) is 3. The predicted molar refractivity (Wildman–Crippen MR) is 79.2 cm³/mol. The maximum absolute atomic E-state index is 6.22. The maximum atomic E-state index is 6.22. The number of halogens is 1. The first kappa shape index (κ1) is 15.3. The van der Waals surface area contributed by atoms with Crippen molar-refractivity contribution in [1.82, 2.24) is 9.88 Å². The van der Waals surface area contributed by atoms with Crippen molar-refractivity contribution in [2.24, 2.45) is 5.92 Å².